The summed E-state index contributed by atoms with van der Waals surface area (Å²) < 4.78 is 15.3. The number of hydrogen-bond donors (Lipinski definition) is 0. The largest absolute Gasteiger partial charge is 0.458 e. The summed E-state index contributed by atoms with van der Waals surface area (Å²) in [4.78, 5) is 9.82. The molecule has 0 amide bonds. The molecular weight excluding hydrogens is 1090 g/mol. The van der Waals surface area contributed by atoms with Crippen LogP contribution < -0.4 is 61.9 Å². The number of nitrogens with zero attached hydrogens (tertiary/aromatic N) is 4. The van der Waals surface area contributed by atoms with Gasteiger partial charge < -0.3 is 29.1 Å². The number of anilines is 12. The van der Waals surface area contributed by atoms with Crippen LogP contribution in [0.2, 0.25) is 0 Å². The Kier molecular flexibility index (Phi) is 12.1. The van der Waals surface area contributed by atoms with Crippen molar-refractivity contribution < 1.29 is 9.47 Å². The highest BCUT2D eigenvalue weighted by molar-refractivity contribution is 7.02. The van der Waals surface area contributed by atoms with E-state index in [0.29, 0.717) is 0 Å². The van der Waals surface area contributed by atoms with Crippen LogP contribution in [0.4, 0.5) is 68.2 Å². The van der Waals surface area contributed by atoms with Gasteiger partial charge in [-0.1, -0.05) is 183 Å². The number of ether oxygens (including phenoxy) is 2. The molecule has 0 fully saturated rings. The van der Waals surface area contributed by atoms with Crippen LogP contribution in [0.5, 0.6) is 23.0 Å². The zero-order valence-corrected chi connectivity index (χ0v) is 52.7. The Morgan fingerprint density at radius 3 is 0.989 bits per heavy atom. The maximum absolute atomic E-state index is 7.65. The third-order valence-electron chi connectivity index (χ3n) is 21.2. The number of rotatable bonds is 8. The monoisotopic (exact) mass is 1170 g/mol. The van der Waals surface area contributed by atoms with Crippen LogP contribution >= 0.6 is 0 Å². The third-order valence-corrected chi connectivity index (χ3v) is 21.2. The molecule has 0 spiro atoms. The molecule has 0 bridgehead atoms. The van der Waals surface area contributed by atoms with E-state index >= 15 is 0 Å². The standard InChI is InChI=1S/C82H72B2N4O2/c1-79(2)41-43-81(5,6)63-45-57(37-39-61(63)79)87-69-35-23-21-33-65(69)83-67-51-68-74(52-73(67)89-75-49-59(47-71(87)77(75)83)85(53-25-13-9-14-26-53)54-27-15-10-16-28-54)90-76-50-60(86(55-29-17-11-18-30-55)56-31-19-12-20-32-56)48-72-78(76)84(68)66-34-22-24-36-70(66)88(72)58-38-40-62-64(46-58)82(7,8)44-42-80(62,3)4/h9-40,45-52H,41-44H2,1-8H3. The summed E-state index contributed by atoms with van der Waals surface area (Å²) in [6, 6.07) is 90.0. The molecule has 0 N–H and O–H groups in total. The molecule has 0 atom stereocenters. The fraction of sp³-hybridized carbons (Fsp3) is 0.195. The van der Waals surface area contributed by atoms with Crippen LogP contribution in [0.15, 0.2) is 243 Å². The first-order valence-electron chi connectivity index (χ1n) is 32.4. The quantitative estimate of drug-likeness (QED) is 0.141. The van der Waals surface area contributed by atoms with Gasteiger partial charge in [0, 0.05) is 75.1 Å². The van der Waals surface area contributed by atoms with Gasteiger partial charge in [-0.3, -0.25) is 0 Å². The van der Waals surface area contributed by atoms with Gasteiger partial charge in [-0.25, -0.2) is 0 Å². The van der Waals surface area contributed by atoms with E-state index in [4.69, 9.17) is 9.47 Å². The molecule has 0 aromatic heterocycles. The first-order chi connectivity index (χ1) is 43.6. The molecule has 4 aliphatic heterocycles. The molecule has 8 heteroatoms. The van der Waals surface area contributed by atoms with Crippen molar-refractivity contribution in [3.63, 3.8) is 0 Å². The second-order valence-corrected chi connectivity index (χ2v) is 28.5. The highest BCUT2D eigenvalue weighted by Gasteiger charge is 2.49. The van der Waals surface area contributed by atoms with Crippen molar-refractivity contribution in [2.45, 2.75) is 103 Å². The van der Waals surface area contributed by atoms with Crippen molar-refractivity contribution in [3.8, 4) is 23.0 Å². The normalized spacial score (nSPS) is 16.7. The maximum Gasteiger partial charge on any atom is 0.256 e. The van der Waals surface area contributed by atoms with Crippen molar-refractivity contribution >= 4 is 114 Å². The fourth-order valence-electron chi connectivity index (χ4n) is 16.3. The lowest BCUT2D eigenvalue weighted by atomic mass is 9.31. The second kappa shape index (κ2) is 19.9. The average Bonchev–Trinajstić information content (AvgIpc) is 0.726. The van der Waals surface area contributed by atoms with Gasteiger partial charge in [-0.05, 0) is 199 Å². The molecule has 0 saturated carbocycles. The first kappa shape index (κ1) is 54.5. The molecule has 6 nitrogen and oxygen atoms in total. The van der Waals surface area contributed by atoms with E-state index in [-0.39, 0.29) is 35.1 Å². The van der Waals surface area contributed by atoms with Crippen molar-refractivity contribution in [1.82, 2.24) is 0 Å². The molecule has 2 aliphatic carbocycles. The summed E-state index contributed by atoms with van der Waals surface area (Å²) in [7, 11) is 0. The number of hydrogen-bond acceptors (Lipinski definition) is 6. The molecule has 4 heterocycles. The highest BCUT2D eigenvalue weighted by atomic mass is 16.5. The van der Waals surface area contributed by atoms with E-state index in [1.807, 2.05) is 0 Å². The molecule has 6 aliphatic rings. The van der Waals surface area contributed by atoms with Crippen molar-refractivity contribution in [2.75, 3.05) is 19.6 Å². The van der Waals surface area contributed by atoms with Crippen LogP contribution in [-0.2, 0) is 21.7 Å². The van der Waals surface area contributed by atoms with Crippen molar-refractivity contribution in [3.05, 3.63) is 265 Å². The van der Waals surface area contributed by atoms with Gasteiger partial charge >= 0.3 is 0 Å². The molecule has 0 saturated heterocycles. The fourth-order valence-corrected chi connectivity index (χ4v) is 16.3. The Morgan fingerprint density at radius 1 is 0.289 bits per heavy atom. The molecule has 0 radical (unpaired) electrons. The van der Waals surface area contributed by atoms with Gasteiger partial charge in [0.15, 0.2) is 0 Å². The Balaban J connectivity index is 0.899. The van der Waals surface area contributed by atoms with Crippen LogP contribution in [0.1, 0.15) is 103 Å². The van der Waals surface area contributed by atoms with Crippen LogP contribution in [0.3, 0.4) is 0 Å². The smallest absolute Gasteiger partial charge is 0.256 e. The molecule has 90 heavy (non-hydrogen) atoms. The molecule has 438 valence electrons. The summed E-state index contributed by atoms with van der Waals surface area (Å²) in [5.41, 5.74) is 26.0. The van der Waals surface area contributed by atoms with E-state index < -0.39 is 0 Å². The molecular formula is C82H72B2N4O2. The van der Waals surface area contributed by atoms with Gasteiger partial charge in [0.1, 0.15) is 23.0 Å². The average molecular weight is 1170 g/mol. The first-order valence-corrected chi connectivity index (χ1v) is 32.4. The Labute approximate surface area is 531 Å². The minimum absolute atomic E-state index is 0.00720. The van der Waals surface area contributed by atoms with Crippen molar-refractivity contribution in [2.24, 2.45) is 0 Å². The summed E-state index contributed by atoms with van der Waals surface area (Å²) in [5, 5.41) is 0. The zero-order chi connectivity index (χ0) is 61.0. The minimum Gasteiger partial charge on any atom is -0.458 e. The summed E-state index contributed by atoms with van der Waals surface area (Å²) in [6.07, 6.45) is 4.57. The predicted molar refractivity (Wildman–Crippen MR) is 378 cm³/mol. The molecule has 11 aromatic carbocycles. The van der Waals surface area contributed by atoms with E-state index in [2.05, 4.69) is 318 Å². The van der Waals surface area contributed by atoms with E-state index in [0.717, 1.165) is 139 Å². The van der Waals surface area contributed by atoms with E-state index in [9.17, 15) is 0 Å². The lowest BCUT2D eigenvalue weighted by Gasteiger charge is -2.45. The number of fused-ring (bicyclic) bond motifs is 10. The van der Waals surface area contributed by atoms with Crippen molar-refractivity contribution in [1.29, 1.82) is 0 Å². The maximum atomic E-state index is 7.65. The summed E-state index contributed by atoms with van der Waals surface area (Å²) in [6.45, 7) is 19.1. The summed E-state index contributed by atoms with van der Waals surface area (Å²) >= 11 is 0. The van der Waals surface area contributed by atoms with E-state index in [1.54, 1.807) is 0 Å². The van der Waals surface area contributed by atoms with Gasteiger partial charge in [0.25, 0.3) is 13.4 Å². The zero-order valence-electron chi connectivity index (χ0n) is 52.7. The van der Waals surface area contributed by atoms with Gasteiger partial charge in [0.2, 0.25) is 0 Å². The molecule has 0 unspecified atom stereocenters. The Hall–Kier alpha value is -9.65. The van der Waals surface area contributed by atoms with Crippen LogP contribution in [0.25, 0.3) is 0 Å². The van der Waals surface area contributed by atoms with E-state index in [1.165, 1.54) is 33.2 Å². The predicted octanol–water partition coefficient (Wildman–Crippen LogP) is 18.1. The van der Waals surface area contributed by atoms with Gasteiger partial charge in [-0.2, -0.15) is 0 Å². The molecule has 11 aromatic rings. The Morgan fingerprint density at radius 2 is 0.622 bits per heavy atom. The topological polar surface area (TPSA) is 31.4 Å². The Bertz CT molecular complexity index is 4340. The minimum atomic E-state index is -0.174. The lowest BCUT2D eigenvalue weighted by molar-refractivity contribution is 0.332. The van der Waals surface area contributed by atoms with Gasteiger partial charge in [-0.15, -0.1) is 0 Å². The highest BCUT2D eigenvalue weighted by Crippen LogP contribution is 2.54. The van der Waals surface area contributed by atoms with Gasteiger partial charge in [0.05, 0.1) is 11.4 Å². The van der Waals surface area contributed by atoms with Crippen LogP contribution in [-0.4, -0.2) is 13.4 Å². The van der Waals surface area contributed by atoms with Crippen LogP contribution in [0, 0.1) is 0 Å². The number of para-hydroxylation sites is 6. The second-order valence-electron chi connectivity index (χ2n) is 28.5. The lowest BCUT2D eigenvalue weighted by Crippen LogP contribution is -2.63. The number of benzene rings is 11. The third kappa shape index (κ3) is 8.39. The summed E-state index contributed by atoms with van der Waals surface area (Å²) in [5.74, 6) is 3.24. The molecule has 17 rings (SSSR count). The SMILES string of the molecule is CC1(C)CCC(C)(C)c2cc(N3c4ccccc4B4c5cc6c(cc5Oc5cc(N(c7ccccc7)c7ccccc7)cc3c54)Oc3cc(N(c4ccccc4)c4ccccc4)cc4c3B6c3ccccc3N4c3ccc4c(c3)C(C)(C)CCC4(C)C)ccc21.